The zero-order valence-corrected chi connectivity index (χ0v) is 13.1. The van der Waals surface area contributed by atoms with Crippen molar-refractivity contribution >= 4 is 11.6 Å². The van der Waals surface area contributed by atoms with Gasteiger partial charge in [0.2, 0.25) is 5.91 Å². The maximum absolute atomic E-state index is 12.3. The van der Waals surface area contributed by atoms with Gasteiger partial charge in [0.15, 0.2) is 0 Å². The minimum Gasteiger partial charge on any atom is -0.326 e. The van der Waals surface area contributed by atoms with Gasteiger partial charge in [-0.2, -0.15) is 0 Å². The first-order chi connectivity index (χ1) is 10.1. The maximum Gasteiger partial charge on any atom is 0.241 e. The molecule has 1 aromatic carbocycles. The monoisotopic (exact) mass is 289 g/mol. The van der Waals surface area contributed by atoms with E-state index in [0.717, 1.165) is 30.3 Å². The number of likely N-dealkylation sites (tertiary alicyclic amines) is 1. The molecule has 2 unspecified atom stereocenters. The van der Waals surface area contributed by atoms with Crippen LogP contribution >= 0.6 is 0 Å². The summed E-state index contributed by atoms with van der Waals surface area (Å²) in [4.78, 5) is 14.6. The standard InChI is InChI=1S/C17H27N3O/c1-3-4-15-9-10-20(12-15)13(2)17(21)19-16-7-5-14(11-18)6-8-16/h5-8,13,15H,3-4,9-12,18H2,1-2H3,(H,19,21). The van der Waals surface area contributed by atoms with Crippen molar-refractivity contribution in [3.8, 4) is 0 Å². The molecule has 1 fully saturated rings. The van der Waals surface area contributed by atoms with Gasteiger partial charge in [-0.05, 0) is 49.9 Å². The topological polar surface area (TPSA) is 58.4 Å². The van der Waals surface area contributed by atoms with Gasteiger partial charge in [-0.3, -0.25) is 9.69 Å². The van der Waals surface area contributed by atoms with E-state index in [1.165, 1.54) is 19.3 Å². The number of hydrogen-bond acceptors (Lipinski definition) is 3. The van der Waals surface area contributed by atoms with Gasteiger partial charge in [-0.15, -0.1) is 0 Å². The molecule has 4 heteroatoms. The molecule has 116 valence electrons. The fraction of sp³-hybridized carbons (Fsp3) is 0.588. The minimum atomic E-state index is -0.0685. The summed E-state index contributed by atoms with van der Waals surface area (Å²) in [5.41, 5.74) is 7.49. The quantitative estimate of drug-likeness (QED) is 0.846. The van der Waals surface area contributed by atoms with Crippen LogP contribution in [0.25, 0.3) is 0 Å². The van der Waals surface area contributed by atoms with Crippen LogP contribution in [0.1, 0.15) is 38.7 Å². The van der Waals surface area contributed by atoms with Crippen molar-refractivity contribution in [3.63, 3.8) is 0 Å². The summed E-state index contributed by atoms with van der Waals surface area (Å²) in [5, 5.41) is 3.00. The average Bonchev–Trinajstić information content (AvgIpc) is 2.96. The average molecular weight is 289 g/mol. The highest BCUT2D eigenvalue weighted by Crippen LogP contribution is 2.23. The zero-order valence-electron chi connectivity index (χ0n) is 13.1. The molecule has 1 saturated heterocycles. The van der Waals surface area contributed by atoms with E-state index in [1.807, 2.05) is 31.2 Å². The summed E-state index contributed by atoms with van der Waals surface area (Å²) in [6, 6.07) is 7.66. The van der Waals surface area contributed by atoms with E-state index in [9.17, 15) is 4.79 Å². The molecule has 0 spiro atoms. The van der Waals surface area contributed by atoms with Crippen molar-refractivity contribution in [1.82, 2.24) is 4.90 Å². The van der Waals surface area contributed by atoms with Crippen LogP contribution in [0.2, 0.25) is 0 Å². The largest absolute Gasteiger partial charge is 0.326 e. The zero-order chi connectivity index (χ0) is 15.2. The molecule has 0 aromatic heterocycles. The number of nitrogens with one attached hydrogen (secondary N) is 1. The molecule has 1 aliphatic heterocycles. The number of nitrogens with zero attached hydrogens (tertiary/aromatic N) is 1. The van der Waals surface area contributed by atoms with E-state index in [-0.39, 0.29) is 11.9 Å². The Morgan fingerprint density at radius 2 is 2.14 bits per heavy atom. The molecule has 1 aliphatic rings. The van der Waals surface area contributed by atoms with Gasteiger partial charge in [0.1, 0.15) is 0 Å². The smallest absolute Gasteiger partial charge is 0.241 e. The minimum absolute atomic E-state index is 0.0685. The Morgan fingerprint density at radius 3 is 2.76 bits per heavy atom. The lowest BCUT2D eigenvalue weighted by molar-refractivity contribution is -0.120. The molecule has 2 atom stereocenters. The summed E-state index contributed by atoms with van der Waals surface area (Å²) < 4.78 is 0. The van der Waals surface area contributed by atoms with Crippen molar-refractivity contribution in [2.45, 2.75) is 45.7 Å². The van der Waals surface area contributed by atoms with Gasteiger partial charge in [0, 0.05) is 18.8 Å². The van der Waals surface area contributed by atoms with Crippen molar-refractivity contribution in [1.29, 1.82) is 0 Å². The van der Waals surface area contributed by atoms with E-state index < -0.39 is 0 Å². The summed E-state index contributed by atoms with van der Waals surface area (Å²) in [7, 11) is 0. The third-order valence-electron chi connectivity index (χ3n) is 4.40. The molecule has 21 heavy (non-hydrogen) atoms. The fourth-order valence-corrected chi connectivity index (χ4v) is 2.99. The van der Waals surface area contributed by atoms with Crippen LogP contribution in [0.5, 0.6) is 0 Å². The second-order valence-corrected chi connectivity index (χ2v) is 6.00. The van der Waals surface area contributed by atoms with Crippen LogP contribution in [-0.4, -0.2) is 29.9 Å². The van der Waals surface area contributed by atoms with Crippen LogP contribution in [0.4, 0.5) is 5.69 Å². The van der Waals surface area contributed by atoms with Crippen LogP contribution in [-0.2, 0) is 11.3 Å². The Bertz CT molecular complexity index is 458. The number of rotatable bonds is 6. The summed E-state index contributed by atoms with van der Waals surface area (Å²) in [6.07, 6.45) is 3.72. The molecule has 4 nitrogen and oxygen atoms in total. The van der Waals surface area contributed by atoms with E-state index in [1.54, 1.807) is 0 Å². The molecule has 0 saturated carbocycles. The Labute approximate surface area is 127 Å². The Morgan fingerprint density at radius 1 is 1.43 bits per heavy atom. The van der Waals surface area contributed by atoms with Crippen LogP contribution in [0, 0.1) is 5.92 Å². The Kier molecular flexibility index (Phi) is 5.76. The van der Waals surface area contributed by atoms with Crippen molar-refractivity contribution in [3.05, 3.63) is 29.8 Å². The van der Waals surface area contributed by atoms with Gasteiger partial charge in [-0.1, -0.05) is 25.5 Å². The second-order valence-electron chi connectivity index (χ2n) is 6.00. The number of carbonyl (C=O) groups is 1. The molecule has 1 amide bonds. The first-order valence-corrected chi connectivity index (χ1v) is 7.98. The lowest BCUT2D eigenvalue weighted by Gasteiger charge is -2.23. The molecule has 0 aliphatic carbocycles. The summed E-state index contributed by atoms with van der Waals surface area (Å²) in [6.45, 7) is 6.83. The van der Waals surface area contributed by atoms with E-state index in [4.69, 9.17) is 5.73 Å². The number of hydrogen-bond donors (Lipinski definition) is 2. The highest BCUT2D eigenvalue weighted by atomic mass is 16.2. The van der Waals surface area contributed by atoms with Gasteiger partial charge in [0.25, 0.3) is 0 Å². The fourth-order valence-electron chi connectivity index (χ4n) is 2.99. The number of anilines is 1. The predicted octanol–water partition coefficient (Wildman–Crippen LogP) is 2.59. The SMILES string of the molecule is CCCC1CCN(C(C)C(=O)Nc2ccc(CN)cc2)C1. The normalized spacial score (nSPS) is 20.4. The first kappa shape index (κ1) is 16.0. The van der Waals surface area contributed by atoms with Crippen LogP contribution in [0.15, 0.2) is 24.3 Å². The highest BCUT2D eigenvalue weighted by molar-refractivity contribution is 5.94. The maximum atomic E-state index is 12.3. The highest BCUT2D eigenvalue weighted by Gasteiger charge is 2.28. The van der Waals surface area contributed by atoms with Crippen LogP contribution in [0.3, 0.4) is 0 Å². The van der Waals surface area contributed by atoms with Crippen LogP contribution < -0.4 is 11.1 Å². The number of carbonyl (C=O) groups excluding carboxylic acids is 1. The van der Waals surface area contributed by atoms with E-state index in [0.29, 0.717) is 6.54 Å². The number of benzene rings is 1. The van der Waals surface area contributed by atoms with Gasteiger partial charge < -0.3 is 11.1 Å². The van der Waals surface area contributed by atoms with Crippen molar-refractivity contribution in [2.75, 3.05) is 18.4 Å². The number of amides is 1. The van der Waals surface area contributed by atoms with Crippen molar-refractivity contribution < 1.29 is 4.79 Å². The summed E-state index contributed by atoms with van der Waals surface area (Å²) >= 11 is 0. The molecule has 1 aromatic rings. The summed E-state index contributed by atoms with van der Waals surface area (Å²) in [5.74, 6) is 0.835. The molecule has 2 rings (SSSR count). The molecule has 0 radical (unpaired) electrons. The Balaban J connectivity index is 1.87. The number of nitrogens with two attached hydrogens (primary N) is 1. The third-order valence-corrected chi connectivity index (χ3v) is 4.40. The second kappa shape index (κ2) is 7.57. The van der Waals surface area contributed by atoms with Gasteiger partial charge in [0.05, 0.1) is 6.04 Å². The molecule has 1 heterocycles. The lowest BCUT2D eigenvalue weighted by atomic mass is 10.0. The van der Waals surface area contributed by atoms with Gasteiger partial charge >= 0.3 is 0 Å². The van der Waals surface area contributed by atoms with Crippen molar-refractivity contribution in [2.24, 2.45) is 11.7 Å². The molecular formula is C17H27N3O. The molecular weight excluding hydrogens is 262 g/mol. The van der Waals surface area contributed by atoms with E-state index >= 15 is 0 Å². The first-order valence-electron chi connectivity index (χ1n) is 7.98. The lowest BCUT2D eigenvalue weighted by Crippen LogP contribution is -2.40. The molecule has 0 bridgehead atoms. The Hall–Kier alpha value is -1.39. The predicted molar refractivity (Wildman–Crippen MR) is 87.0 cm³/mol. The van der Waals surface area contributed by atoms with Gasteiger partial charge in [-0.25, -0.2) is 0 Å². The molecule has 3 N–H and O–H groups in total. The van der Waals surface area contributed by atoms with E-state index in [2.05, 4.69) is 17.1 Å². The third kappa shape index (κ3) is 4.29.